The Labute approximate surface area is 206 Å². The number of benzene rings is 2. The smallest absolute Gasteiger partial charge is 0.291 e. The molecule has 0 unspecified atom stereocenters. The van der Waals surface area contributed by atoms with Gasteiger partial charge in [-0.1, -0.05) is 38.3 Å². The molecular weight excluding hydrogens is 476 g/mol. The van der Waals surface area contributed by atoms with Gasteiger partial charge in [0.1, 0.15) is 11.3 Å². The number of furan rings is 1. The Balaban J connectivity index is 1.95. The van der Waals surface area contributed by atoms with E-state index in [2.05, 4.69) is 5.32 Å². The van der Waals surface area contributed by atoms with Gasteiger partial charge in [-0.15, -0.1) is 0 Å². The van der Waals surface area contributed by atoms with Crippen molar-refractivity contribution in [1.82, 2.24) is 4.31 Å². The first-order valence-corrected chi connectivity index (χ1v) is 13.2. The molecule has 0 aliphatic carbocycles. The maximum atomic E-state index is 13.4. The summed E-state index contributed by atoms with van der Waals surface area (Å²) in [6.07, 6.45) is 3.42. The lowest BCUT2D eigenvalue weighted by Gasteiger charge is -2.22. The van der Waals surface area contributed by atoms with E-state index in [9.17, 15) is 13.2 Å². The fraction of sp³-hybridized carbons (Fsp3) is 0.400. The number of anilines is 1. The van der Waals surface area contributed by atoms with E-state index in [1.54, 1.807) is 41.6 Å². The molecule has 0 fully saturated rings. The average molecular weight is 507 g/mol. The van der Waals surface area contributed by atoms with Gasteiger partial charge in [0.2, 0.25) is 10.0 Å². The van der Waals surface area contributed by atoms with Gasteiger partial charge in [0.15, 0.2) is 5.76 Å². The standard InChI is InChI=1S/C25H31ClN2O5S/c1-5-7-13-28(14-8-6-2)34(30,31)19-10-12-22-20(16-19)17(3)24(33-22)25(29)27-21-15-18(26)9-11-23(21)32-4/h9-12,15-16H,5-8,13-14H2,1-4H3,(H,27,29). The molecule has 34 heavy (non-hydrogen) atoms. The van der Waals surface area contributed by atoms with Crippen LogP contribution >= 0.6 is 11.6 Å². The van der Waals surface area contributed by atoms with Gasteiger partial charge in [-0.3, -0.25) is 4.79 Å². The number of rotatable bonds is 11. The number of nitrogens with zero attached hydrogens (tertiary/aromatic N) is 1. The van der Waals surface area contributed by atoms with Gasteiger partial charge in [0.25, 0.3) is 5.91 Å². The number of hydrogen-bond donors (Lipinski definition) is 1. The van der Waals surface area contributed by atoms with E-state index in [0.717, 1.165) is 25.7 Å². The van der Waals surface area contributed by atoms with Crippen molar-refractivity contribution in [3.63, 3.8) is 0 Å². The van der Waals surface area contributed by atoms with Crippen LogP contribution in [0.5, 0.6) is 5.75 Å². The number of fused-ring (bicyclic) bond motifs is 1. The van der Waals surface area contributed by atoms with Crippen LogP contribution in [0.15, 0.2) is 45.7 Å². The van der Waals surface area contributed by atoms with E-state index >= 15 is 0 Å². The van der Waals surface area contributed by atoms with Crippen LogP contribution in [0.25, 0.3) is 11.0 Å². The first-order valence-electron chi connectivity index (χ1n) is 11.4. The van der Waals surface area contributed by atoms with E-state index in [1.807, 2.05) is 13.8 Å². The molecule has 0 saturated carbocycles. The van der Waals surface area contributed by atoms with Crippen molar-refractivity contribution in [3.05, 3.63) is 52.7 Å². The third-order valence-electron chi connectivity index (χ3n) is 5.68. The number of nitrogens with one attached hydrogen (secondary N) is 1. The molecule has 9 heteroatoms. The van der Waals surface area contributed by atoms with Gasteiger partial charge < -0.3 is 14.5 Å². The molecule has 1 amide bonds. The van der Waals surface area contributed by atoms with Gasteiger partial charge in [0, 0.05) is 29.1 Å². The number of carbonyl (C=O) groups is 1. The number of hydrogen-bond acceptors (Lipinski definition) is 5. The van der Waals surface area contributed by atoms with Crippen molar-refractivity contribution in [2.24, 2.45) is 0 Å². The minimum Gasteiger partial charge on any atom is -0.495 e. The summed E-state index contributed by atoms with van der Waals surface area (Å²) in [7, 11) is -2.17. The Bertz CT molecular complexity index is 1260. The molecule has 0 atom stereocenters. The summed E-state index contributed by atoms with van der Waals surface area (Å²) < 4.78 is 39.4. The number of unbranched alkanes of at least 4 members (excludes halogenated alkanes) is 2. The summed E-state index contributed by atoms with van der Waals surface area (Å²) in [5.74, 6) is 0.0748. The number of halogens is 1. The Morgan fingerprint density at radius 3 is 2.38 bits per heavy atom. The molecule has 1 heterocycles. The second-order valence-electron chi connectivity index (χ2n) is 8.12. The molecule has 0 saturated heterocycles. The van der Waals surface area contributed by atoms with Gasteiger partial charge in [0.05, 0.1) is 17.7 Å². The maximum Gasteiger partial charge on any atom is 0.291 e. The molecule has 0 aliphatic rings. The van der Waals surface area contributed by atoms with Crippen molar-refractivity contribution in [2.45, 2.75) is 51.3 Å². The summed E-state index contributed by atoms with van der Waals surface area (Å²) in [6.45, 7) is 6.78. The number of carbonyl (C=O) groups excluding carboxylic acids is 1. The number of ether oxygens (including phenoxy) is 1. The van der Waals surface area contributed by atoms with Gasteiger partial charge in [-0.2, -0.15) is 4.31 Å². The van der Waals surface area contributed by atoms with E-state index < -0.39 is 15.9 Å². The van der Waals surface area contributed by atoms with Crippen LogP contribution in [0.3, 0.4) is 0 Å². The monoisotopic (exact) mass is 506 g/mol. The highest BCUT2D eigenvalue weighted by Gasteiger charge is 2.26. The lowest BCUT2D eigenvalue weighted by molar-refractivity contribution is 0.0997. The Morgan fingerprint density at radius 2 is 1.76 bits per heavy atom. The summed E-state index contributed by atoms with van der Waals surface area (Å²) >= 11 is 6.06. The molecule has 0 radical (unpaired) electrons. The van der Waals surface area contributed by atoms with Crippen molar-refractivity contribution >= 4 is 44.2 Å². The summed E-state index contributed by atoms with van der Waals surface area (Å²) in [5, 5.41) is 3.79. The zero-order valence-corrected chi connectivity index (χ0v) is 21.6. The highest BCUT2D eigenvalue weighted by atomic mass is 35.5. The summed E-state index contributed by atoms with van der Waals surface area (Å²) in [6, 6.07) is 9.63. The second-order valence-corrected chi connectivity index (χ2v) is 10.5. The third kappa shape index (κ3) is 5.56. The molecule has 3 aromatic rings. The number of aryl methyl sites for hydroxylation is 1. The maximum absolute atomic E-state index is 13.4. The molecule has 184 valence electrons. The number of sulfonamides is 1. The Morgan fingerprint density at radius 1 is 1.09 bits per heavy atom. The second kappa shape index (κ2) is 11.3. The molecule has 3 rings (SSSR count). The molecule has 0 spiro atoms. The molecule has 0 aliphatic heterocycles. The van der Waals surface area contributed by atoms with Crippen LogP contribution in [0.2, 0.25) is 5.02 Å². The SMILES string of the molecule is CCCCN(CCCC)S(=O)(=O)c1ccc2oc(C(=O)Nc3cc(Cl)ccc3OC)c(C)c2c1. The molecule has 1 N–H and O–H groups in total. The molecule has 0 bridgehead atoms. The first-order chi connectivity index (χ1) is 16.2. The van der Waals surface area contributed by atoms with Crippen molar-refractivity contribution in [2.75, 3.05) is 25.5 Å². The zero-order chi connectivity index (χ0) is 24.9. The predicted molar refractivity (Wildman–Crippen MR) is 135 cm³/mol. The van der Waals surface area contributed by atoms with Crippen LogP contribution in [-0.4, -0.2) is 38.8 Å². The van der Waals surface area contributed by atoms with E-state index in [-0.39, 0.29) is 10.7 Å². The van der Waals surface area contributed by atoms with Gasteiger partial charge in [-0.25, -0.2) is 8.42 Å². The fourth-order valence-corrected chi connectivity index (χ4v) is 5.42. The highest BCUT2D eigenvalue weighted by molar-refractivity contribution is 7.89. The molecule has 1 aromatic heterocycles. The van der Waals surface area contributed by atoms with Crippen molar-refractivity contribution in [1.29, 1.82) is 0 Å². The number of methoxy groups -OCH3 is 1. The number of amides is 1. The quantitative estimate of drug-likeness (QED) is 0.332. The Hall–Kier alpha value is -2.55. The van der Waals surface area contributed by atoms with Crippen molar-refractivity contribution in [3.8, 4) is 5.75 Å². The van der Waals surface area contributed by atoms with E-state index in [1.165, 1.54) is 13.2 Å². The minimum absolute atomic E-state index is 0.0976. The van der Waals surface area contributed by atoms with Crippen LogP contribution in [0.1, 0.15) is 55.6 Å². The van der Waals surface area contributed by atoms with Crippen LogP contribution < -0.4 is 10.1 Å². The van der Waals surface area contributed by atoms with Crippen LogP contribution in [0.4, 0.5) is 5.69 Å². The lowest BCUT2D eigenvalue weighted by Crippen LogP contribution is -2.33. The van der Waals surface area contributed by atoms with Crippen LogP contribution in [0, 0.1) is 6.92 Å². The lowest BCUT2D eigenvalue weighted by atomic mass is 10.1. The molecule has 7 nitrogen and oxygen atoms in total. The van der Waals surface area contributed by atoms with Gasteiger partial charge >= 0.3 is 0 Å². The zero-order valence-electron chi connectivity index (χ0n) is 20.0. The Kier molecular flexibility index (Phi) is 8.62. The van der Waals surface area contributed by atoms with Gasteiger partial charge in [-0.05, 0) is 56.2 Å². The van der Waals surface area contributed by atoms with Crippen molar-refractivity contribution < 1.29 is 22.4 Å². The van der Waals surface area contributed by atoms with Crippen LogP contribution in [-0.2, 0) is 10.0 Å². The predicted octanol–water partition coefficient (Wildman–Crippen LogP) is 6.25. The molecular formula is C25H31ClN2O5S. The largest absolute Gasteiger partial charge is 0.495 e. The third-order valence-corrected chi connectivity index (χ3v) is 7.81. The van der Waals surface area contributed by atoms with E-state index in [0.29, 0.717) is 46.1 Å². The average Bonchev–Trinajstić information content (AvgIpc) is 3.15. The summed E-state index contributed by atoms with van der Waals surface area (Å²) in [5.41, 5.74) is 1.40. The highest BCUT2D eigenvalue weighted by Crippen LogP contribution is 2.32. The minimum atomic E-state index is -3.67. The first kappa shape index (κ1) is 26.1. The van der Waals surface area contributed by atoms with E-state index in [4.69, 9.17) is 20.8 Å². The topological polar surface area (TPSA) is 88.9 Å². The normalized spacial score (nSPS) is 11.8. The fourth-order valence-electron chi connectivity index (χ4n) is 3.70. The summed E-state index contributed by atoms with van der Waals surface area (Å²) in [4.78, 5) is 13.2. The molecule has 2 aromatic carbocycles.